The number of aromatic nitrogens is 3. The Morgan fingerprint density at radius 2 is 1.11 bits per heavy atom. The molecule has 4 aromatic rings. The maximum atomic E-state index is 5.45. The first kappa shape index (κ1) is 23.3. The minimum Gasteiger partial charge on any atom is -0.496 e. The summed E-state index contributed by atoms with van der Waals surface area (Å²) < 4.78 is 16.1. The van der Waals surface area contributed by atoms with Gasteiger partial charge in [-0.25, -0.2) is 5.43 Å². The lowest BCUT2D eigenvalue weighted by Gasteiger charge is -2.12. The largest absolute Gasteiger partial charge is 0.496 e. The number of nitrogens with zero attached hydrogens (tertiary/aromatic N) is 4. The number of methoxy groups -OCH3 is 3. The molecule has 178 valence electrons. The second kappa shape index (κ2) is 11.3. The highest BCUT2D eigenvalue weighted by Crippen LogP contribution is 2.33. The number of hydrazone groups is 1. The average Bonchev–Trinajstić information content (AvgIpc) is 2.89. The maximum Gasteiger partial charge on any atom is 0.250 e. The number of anilines is 5. The predicted octanol–water partition coefficient (Wildman–Crippen LogP) is 4.83. The predicted molar refractivity (Wildman–Crippen MR) is 137 cm³/mol. The molecule has 0 saturated heterocycles. The zero-order valence-electron chi connectivity index (χ0n) is 19.5. The highest BCUT2D eigenvalue weighted by Gasteiger charge is 2.11. The number of hydrogen-bond acceptors (Lipinski definition) is 10. The normalized spacial score (nSPS) is 10.6. The van der Waals surface area contributed by atoms with Gasteiger partial charge in [-0.2, -0.15) is 20.1 Å². The van der Waals surface area contributed by atoms with Crippen molar-refractivity contribution in [1.82, 2.24) is 15.0 Å². The molecule has 0 bridgehead atoms. The molecule has 0 spiro atoms. The van der Waals surface area contributed by atoms with E-state index in [2.05, 4.69) is 36.1 Å². The first-order valence-electron chi connectivity index (χ1n) is 10.7. The lowest BCUT2D eigenvalue weighted by atomic mass is 10.2. The molecule has 0 fully saturated rings. The van der Waals surface area contributed by atoms with Gasteiger partial charge >= 0.3 is 0 Å². The SMILES string of the molecule is COc1cc(OC)c(OC)cc1/C=N\Nc1nc(Nc2ccccc2)nc(Nc2ccccc2)n1. The first-order valence-corrected chi connectivity index (χ1v) is 10.7. The highest BCUT2D eigenvalue weighted by molar-refractivity contribution is 5.85. The molecule has 0 amide bonds. The first-order chi connectivity index (χ1) is 17.2. The summed E-state index contributed by atoms with van der Waals surface area (Å²) in [6.07, 6.45) is 1.58. The van der Waals surface area contributed by atoms with Gasteiger partial charge < -0.3 is 24.8 Å². The van der Waals surface area contributed by atoms with Crippen LogP contribution in [0.2, 0.25) is 0 Å². The Balaban J connectivity index is 1.60. The van der Waals surface area contributed by atoms with Crippen molar-refractivity contribution in [3.8, 4) is 17.2 Å². The fourth-order valence-corrected chi connectivity index (χ4v) is 3.15. The van der Waals surface area contributed by atoms with Crippen LogP contribution >= 0.6 is 0 Å². The van der Waals surface area contributed by atoms with E-state index in [9.17, 15) is 0 Å². The van der Waals surface area contributed by atoms with Crippen LogP contribution in [0.1, 0.15) is 5.56 Å². The standard InChI is InChI=1S/C25H25N7O3/c1-33-20-15-22(35-3)21(34-2)14-17(20)16-26-32-25-30-23(27-18-10-6-4-7-11-18)29-24(31-25)28-19-12-8-5-9-13-19/h4-16H,1-3H3,(H3,27,28,29,30,31,32)/b26-16-. The van der Waals surface area contributed by atoms with E-state index in [-0.39, 0.29) is 5.95 Å². The van der Waals surface area contributed by atoms with E-state index in [0.29, 0.717) is 34.7 Å². The summed E-state index contributed by atoms with van der Waals surface area (Å²) in [6.45, 7) is 0. The van der Waals surface area contributed by atoms with E-state index >= 15 is 0 Å². The Hall–Kier alpha value is -4.86. The van der Waals surface area contributed by atoms with Gasteiger partial charge in [0.15, 0.2) is 11.5 Å². The quantitative estimate of drug-likeness (QED) is 0.221. The van der Waals surface area contributed by atoms with Gasteiger partial charge in [-0.1, -0.05) is 36.4 Å². The Kier molecular flexibility index (Phi) is 7.54. The van der Waals surface area contributed by atoms with Crippen molar-refractivity contribution in [2.75, 3.05) is 37.4 Å². The molecule has 0 saturated carbocycles. The van der Waals surface area contributed by atoms with Crippen molar-refractivity contribution in [3.05, 3.63) is 78.4 Å². The molecule has 0 atom stereocenters. The monoisotopic (exact) mass is 471 g/mol. The molecule has 0 radical (unpaired) electrons. The van der Waals surface area contributed by atoms with Crippen LogP contribution in [0, 0.1) is 0 Å². The zero-order chi connectivity index (χ0) is 24.5. The molecule has 3 aromatic carbocycles. The van der Waals surface area contributed by atoms with Gasteiger partial charge in [-0.15, -0.1) is 0 Å². The number of benzene rings is 3. The van der Waals surface area contributed by atoms with E-state index in [1.807, 2.05) is 60.7 Å². The lowest BCUT2D eigenvalue weighted by molar-refractivity contribution is 0.349. The Morgan fingerprint density at radius 1 is 0.629 bits per heavy atom. The maximum absolute atomic E-state index is 5.45. The minimum atomic E-state index is 0.243. The van der Waals surface area contributed by atoms with Crippen LogP contribution in [-0.2, 0) is 0 Å². The molecular formula is C25H25N7O3. The Bertz CT molecular complexity index is 1230. The summed E-state index contributed by atoms with van der Waals surface area (Å²) in [6, 6.07) is 22.7. The van der Waals surface area contributed by atoms with Crippen LogP contribution in [0.15, 0.2) is 77.9 Å². The van der Waals surface area contributed by atoms with Crippen LogP contribution in [0.4, 0.5) is 29.2 Å². The van der Waals surface area contributed by atoms with Gasteiger partial charge in [-0.05, 0) is 30.3 Å². The van der Waals surface area contributed by atoms with Crippen LogP contribution in [-0.4, -0.2) is 42.5 Å². The van der Waals surface area contributed by atoms with Crippen LogP contribution in [0.3, 0.4) is 0 Å². The second-order valence-corrected chi connectivity index (χ2v) is 7.11. The van der Waals surface area contributed by atoms with Gasteiger partial charge in [0.05, 0.1) is 27.5 Å². The highest BCUT2D eigenvalue weighted by atomic mass is 16.5. The fourth-order valence-electron chi connectivity index (χ4n) is 3.15. The number of rotatable bonds is 10. The molecule has 0 aliphatic carbocycles. The zero-order valence-corrected chi connectivity index (χ0v) is 19.5. The van der Waals surface area contributed by atoms with Crippen molar-refractivity contribution in [2.45, 2.75) is 0 Å². The summed E-state index contributed by atoms with van der Waals surface area (Å²) in [5, 5.41) is 10.6. The van der Waals surface area contributed by atoms with Gasteiger partial charge in [-0.3, -0.25) is 0 Å². The van der Waals surface area contributed by atoms with Crippen LogP contribution < -0.4 is 30.3 Å². The minimum absolute atomic E-state index is 0.243. The molecule has 10 heteroatoms. The molecule has 35 heavy (non-hydrogen) atoms. The van der Waals surface area contributed by atoms with E-state index in [4.69, 9.17) is 14.2 Å². The smallest absolute Gasteiger partial charge is 0.250 e. The van der Waals surface area contributed by atoms with Gasteiger partial charge in [0.25, 0.3) is 0 Å². The number of ether oxygens (including phenoxy) is 3. The van der Waals surface area contributed by atoms with Crippen molar-refractivity contribution in [1.29, 1.82) is 0 Å². The summed E-state index contributed by atoms with van der Waals surface area (Å²) in [4.78, 5) is 13.3. The van der Waals surface area contributed by atoms with Crippen molar-refractivity contribution in [2.24, 2.45) is 5.10 Å². The van der Waals surface area contributed by atoms with Gasteiger partial charge in [0, 0.05) is 23.0 Å². The Labute approximate surface area is 203 Å². The van der Waals surface area contributed by atoms with Crippen LogP contribution in [0.5, 0.6) is 17.2 Å². The fraction of sp³-hybridized carbons (Fsp3) is 0.120. The lowest BCUT2D eigenvalue weighted by Crippen LogP contribution is -2.07. The molecule has 0 unspecified atom stereocenters. The van der Waals surface area contributed by atoms with E-state index in [1.54, 1.807) is 39.7 Å². The molecular weight excluding hydrogens is 446 g/mol. The average molecular weight is 472 g/mol. The summed E-state index contributed by atoms with van der Waals surface area (Å²) in [7, 11) is 4.70. The molecule has 10 nitrogen and oxygen atoms in total. The molecule has 1 heterocycles. The van der Waals surface area contributed by atoms with Gasteiger partial charge in [0.2, 0.25) is 17.8 Å². The summed E-state index contributed by atoms with van der Waals surface area (Å²) >= 11 is 0. The topological polar surface area (TPSA) is 115 Å². The molecule has 1 aromatic heterocycles. The Morgan fingerprint density at radius 3 is 1.63 bits per heavy atom. The molecule has 3 N–H and O–H groups in total. The van der Waals surface area contributed by atoms with Crippen molar-refractivity contribution in [3.63, 3.8) is 0 Å². The third-order valence-corrected chi connectivity index (χ3v) is 4.80. The van der Waals surface area contributed by atoms with E-state index < -0.39 is 0 Å². The summed E-state index contributed by atoms with van der Waals surface area (Å²) in [5.74, 6) is 2.63. The molecule has 0 aliphatic rings. The second-order valence-electron chi connectivity index (χ2n) is 7.11. The summed E-state index contributed by atoms with van der Waals surface area (Å²) in [5.41, 5.74) is 5.22. The number of hydrogen-bond donors (Lipinski definition) is 3. The number of para-hydroxylation sites is 2. The van der Waals surface area contributed by atoms with E-state index in [0.717, 1.165) is 11.4 Å². The molecule has 4 rings (SSSR count). The van der Waals surface area contributed by atoms with Crippen molar-refractivity contribution >= 4 is 35.4 Å². The van der Waals surface area contributed by atoms with Crippen molar-refractivity contribution < 1.29 is 14.2 Å². The third-order valence-electron chi connectivity index (χ3n) is 4.80. The van der Waals surface area contributed by atoms with E-state index in [1.165, 1.54) is 0 Å². The number of nitrogens with one attached hydrogen (secondary N) is 3. The third kappa shape index (κ3) is 6.14. The van der Waals surface area contributed by atoms with Gasteiger partial charge in [0.1, 0.15) is 5.75 Å². The van der Waals surface area contributed by atoms with Crippen LogP contribution in [0.25, 0.3) is 0 Å². The molecule has 0 aliphatic heterocycles.